The molecule has 1 aromatic heterocycles. The molecule has 0 radical (unpaired) electrons. The van der Waals surface area contributed by atoms with Crippen LogP contribution in [0.2, 0.25) is 0 Å². The first kappa shape index (κ1) is 11.7. The number of nitrogens with two attached hydrogens (primary N) is 1. The number of nitrogen functional groups attached to an aromatic ring is 1. The van der Waals surface area contributed by atoms with Crippen LogP contribution in [0.3, 0.4) is 0 Å². The number of aromatic nitrogens is 1. The number of rotatable bonds is 1. The van der Waals surface area contributed by atoms with E-state index < -0.39 is 0 Å². The lowest BCUT2D eigenvalue weighted by Crippen LogP contribution is -2.48. The molecule has 0 spiro atoms. The van der Waals surface area contributed by atoms with Gasteiger partial charge in [0.1, 0.15) is 5.82 Å². The summed E-state index contributed by atoms with van der Waals surface area (Å²) in [6.07, 6.45) is 1.68. The van der Waals surface area contributed by atoms with Crippen molar-refractivity contribution in [1.29, 1.82) is 0 Å². The van der Waals surface area contributed by atoms with Crippen LogP contribution in [0.15, 0.2) is 16.7 Å². The van der Waals surface area contributed by atoms with Gasteiger partial charge in [0, 0.05) is 13.1 Å². The molecule has 0 unspecified atom stereocenters. The minimum atomic E-state index is -0.124. The summed E-state index contributed by atoms with van der Waals surface area (Å²) in [5.74, 6) is 0.936. The molecule has 1 aliphatic heterocycles. The van der Waals surface area contributed by atoms with Crippen LogP contribution in [0.25, 0.3) is 0 Å². The molecule has 2 rings (SSSR count). The van der Waals surface area contributed by atoms with E-state index in [0.717, 1.165) is 30.0 Å². The van der Waals surface area contributed by atoms with Gasteiger partial charge >= 0.3 is 0 Å². The van der Waals surface area contributed by atoms with E-state index in [0.29, 0.717) is 5.69 Å². The second kappa shape index (κ2) is 4.22. The normalized spacial score (nSPS) is 19.8. The fourth-order valence-electron chi connectivity index (χ4n) is 1.88. The van der Waals surface area contributed by atoms with E-state index in [2.05, 4.69) is 39.7 Å². The Balaban J connectivity index is 2.23. The minimum absolute atomic E-state index is 0.124. The predicted molar refractivity (Wildman–Crippen MR) is 68.6 cm³/mol. The molecule has 0 aliphatic carbocycles. The summed E-state index contributed by atoms with van der Waals surface area (Å²) in [7, 11) is 0. The molecule has 0 aromatic carbocycles. The van der Waals surface area contributed by atoms with E-state index in [1.165, 1.54) is 0 Å². The highest BCUT2D eigenvalue weighted by molar-refractivity contribution is 9.10. The summed E-state index contributed by atoms with van der Waals surface area (Å²) in [5, 5.41) is 0. The predicted octanol–water partition coefficient (Wildman–Crippen LogP) is 2.04. The van der Waals surface area contributed by atoms with Gasteiger partial charge in [0.15, 0.2) is 0 Å². The van der Waals surface area contributed by atoms with Crippen molar-refractivity contribution in [3.63, 3.8) is 0 Å². The first-order chi connectivity index (χ1) is 7.48. The maximum atomic E-state index is 5.67. The smallest absolute Gasteiger partial charge is 0.143 e. The molecule has 0 saturated carbocycles. The first-order valence-electron chi connectivity index (χ1n) is 5.28. The number of anilines is 2. The topological polar surface area (TPSA) is 51.4 Å². The van der Waals surface area contributed by atoms with Crippen molar-refractivity contribution >= 4 is 27.4 Å². The van der Waals surface area contributed by atoms with E-state index in [-0.39, 0.29) is 5.60 Å². The number of hydrogen-bond acceptors (Lipinski definition) is 4. The molecule has 1 saturated heterocycles. The monoisotopic (exact) mass is 285 g/mol. The Labute approximate surface area is 104 Å². The lowest BCUT2D eigenvalue weighted by atomic mass is 10.1. The second-order valence-corrected chi connectivity index (χ2v) is 5.46. The second-order valence-electron chi connectivity index (χ2n) is 4.60. The van der Waals surface area contributed by atoms with Gasteiger partial charge in [-0.05, 0) is 35.8 Å². The Morgan fingerprint density at radius 2 is 2.31 bits per heavy atom. The van der Waals surface area contributed by atoms with E-state index >= 15 is 0 Å². The van der Waals surface area contributed by atoms with Crippen molar-refractivity contribution in [1.82, 2.24) is 4.98 Å². The molecule has 0 bridgehead atoms. The van der Waals surface area contributed by atoms with Gasteiger partial charge in [-0.1, -0.05) is 0 Å². The van der Waals surface area contributed by atoms with Crippen molar-refractivity contribution in [2.75, 3.05) is 30.3 Å². The molecule has 1 aliphatic rings. The highest BCUT2D eigenvalue weighted by Crippen LogP contribution is 2.28. The van der Waals surface area contributed by atoms with Gasteiger partial charge in [-0.3, -0.25) is 0 Å². The number of hydrogen-bond donors (Lipinski definition) is 1. The van der Waals surface area contributed by atoms with Crippen LogP contribution in [0.5, 0.6) is 0 Å². The third kappa shape index (κ3) is 2.47. The van der Waals surface area contributed by atoms with E-state index in [1.807, 2.05) is 6.07 Å². The highest BCUT2D eigenvalue weighted by Gasteiger charge is 2.28. The summed E-state index contributed by atoms with van der Waals surface area (Å²) >= 11 is 3.50. The summed E-state index contributed by atoms with van der Waals surface area (Å²) < 4.78 is 6.61. The van der Waals surface area contributed by atoms with Crippen LogP contribution < -0.4 is 10.6 Å². The molecular weight excluding hydrogens is 270 g/mol. The third-order valence-electron chi connectivity index (χ3n) is 2.57. The molecule has 0 atom stereocenters. The van der Waals surface area contributed by atoms with Crippen LogP contribution >= 0.6 is 15.9 Å². The fourth-order valence-corrected chi connectivity index (χ4v) is 2.49. The highest BCUT2D eigenvalue weighted by atomic mass is 79.9. The molecule has 2 N–H and O–H groups in total. The number of halogens is 1. The molecule has 4 nitrogen and oxygen atoms in total. The van der Waals surface area contributed by atoms with Gasteiger partial charge in [-0.25, -0.2) is 4.98 Å². The van der Waals surface area contributed by atoms with Crippen LogP contribution in [0.1, 0.15) is 13.8 Å². The Bertz CT molecular complexity index is 395. The van der Waals surface area contributed by atoms with Crippen molar-refractivity contribution in [3.8, 4) is 0 Å². The Morgan fingerprint density at radius 1 is 1.56 bits per heavy atom. The van der Waals surface area contributed by atoms with E-state index in [9.17, 15) is 0 Å². The van der Waals surface area contributed by atoms with Crippen molar-refractivity contribution in [2.24, 2.45) is 0 Å². The fraction of sp³-hybridized carbons (Fsp3) is 0.545. The maximum absolute atomic E-state index is 5.67. The average molecular weight is 286 g/mol. The maximum Gasteiger partial charge on any atom is 0.143 e. The van der Waals surface area contributed by atoms with Crippen LogP contribution in [-0.2, 0) is 4.74 Å². The van der Waals surface area contributed by atoms with Crippen molar-refractivity contribution in [3.05, 3.63) is 16.7 Å². The van der Waals surface area contributed by atoms with Crippen molar-refractivity contribution in [2.45, 2.75) is 19.4 Å². The molecular formula is C11H16BrN3O. The molecule has 2 heterocycles. The van der Waals surface area contributed by atoms with Gasteiger partial charge in [-0.15, -0.1) is 0 Å². The number of ether oxygens (including phenoxy) is 1. The summed E-state index contributed by atoms with van der Waals surface area (Å²) in [6.45, 7) is 6.60. The summed E-state index contributed by atoms with van der Waals surface area (Å²) in [6, 6.07) is 1.88. The Morgan fingerprint density at radius 3 is 2.94 bits per heavy atom. The zero-order valence-electron chi connectivity index (χ0n) is 9.53. The zero-order valence-corrected chi connectivity index (χ0v) is 11.1. The molecule has 1 fully saturated rings. The summed E-state index contributed by atoms with van der Waals surface area (Å²) in [5.41, 5.74) is 6.22. The van der Waals surface area contributed by atoms with Gasteiger partial charge in [0.25, 0.3) is 0 Å². The van der Waals surface area contributed by atoms with Crippen molar-refractivity contribution < 1.29 is 4.74 Å². The van der Waals surface area contributed by atoms with Gasteiger partial charge in [-0.2, -0.15) is 0 Å². The molecule has 1 aromatic rings. The number of nitrogens with zero attached hydrogens (tertiary/aromatic N) is 2. The number of pyridine rings is 1. The third-order valence-corrected chi connectivity index (χ3v) is 3.15. The van der Waals surface area contributed by atoms with Crippen LogP contribution in [0, 0.1) is 0 Å². The average Bonchev–Trinajstić information content (AvgIpc) is 2.15. The summed E-state index contributed by atoms with van der Waals surface area (Å²) in [4.78, 5) is 6.58. The molecule has 5 heteroatoms. The standard InChI is InChI=1S/C11H16BrN3O/c1-11(2)7-15(3-4-16-11)10-9(12)5-8(13)6-14-10/h5-6H,3-4,7,13H2,1-2H3. The minimum Gasteiger partial charge on any atom is -0.397 e. The van der Waals surface area contributed by atoms with E-state index in [1.54, 1.807) is 6.20 Å². The lowest BCUT2D eigenvalue weighted by molar-refractivity contribution is -0.0279. The Hall–Kier alpha value is -0.810. The zero-order chi connectivity index (χ0) is 11.8. The van der Waals surface area contributed by atoms with Gasteiger partial charge in [0.05, 0.1) is 28.6 Å². The largest absolute Gasteiger partial charge is 0.397 e. The lowest BCUT2D eigenvalue weighted by Gasteiger charge is -2.39. The van der Waals surface area contributed by atoms with Gasteiger partial charge < -0.3 is 15.4 Å². The van der Waals surface area contributed by atoms with Crippen LogP contribution in [-0.4, -0.2) is 30.3 Å². The SMILES string of the molecule is CC1(C)CN(c2ncc(N)cc2Br)CCO1. The van der Waals surface area contributed by atoms with Crippen LogP contribution in [0.4, 0.5) is 11.5 Å². The first-order valence-corrected chi connectivity index (χ1v) is 6.07. The van der Waals surface area contributed by atoms with Gasteiger partial charge in [0.2, 0.25) is 0 Å². The molecule has 16 heavy (non-hydrogen) atoms. The molecule has 0 amide bonds. The Kier molecular flexibility index (Phi) is 3.08. The number of morpholine rings is 1. The quantitative estimate of drug-likeness (QED) is 0.858. The molecule has 88 valence electrons. The van der Waals surface area contributed by atoms with E-state index in [4.69, 9.17) is 10.5 Å².